The summed E-state index contributed by atoms with van der Waals surface area (Å²) in [5.74, 6) is 0.849. The minimum absolute atomic E-state index is 0.0739. The fourth-order valence-corrected chi connectivity index (χ4v) is 3.53. The highest BCUT2D eigenvalue weighted by Crippen LogP contribution is 2.33. The number of ether oxygens (including phenoxy) is 2. The third kappa shape index (κ3) is 3.68. The molecule has 4 rings (SSSR count). The lowest BCUT2D eigenvalue weighted by atomic mass is 9.94. The molecule has 9 heteroatoms. The number of H-pyrrole nitrogens is 1. The lowest BCUT2D eigenvalue weighted by molar-refractivity contribution is -0.0538. The van der Waals surface area contributed by atoms with Crippen LogP contribution in [0.25, 0.3) is 0 Å². The van der Waals surface area contributed by atoms with Gasteiger partial charge in [0.25, 0.3) is 5.91 Å². The van der Waals surface area contributed by atoms with Crippen LogP contribution in [0.4, 0.5) is 5.95 Å². The number of rotatable bonds is 4. The van der Waals surface area contributed by atoms with Gasteiger partial charge in [0.2, 0.25) is 5.95 Å². The van der Waals surface area contributed by atoms with Gasteiger partial charge in [-0.1, -0.05) is 0 Å². The summed E-state index contributed by atoms with van der Waals surface area (Å²) in [6.07, 6.45) is 7.29. The fourth-order valence-electron chi connectivity index (χ4n) is 3.53. The van der Waals surface area contributed by atoms with Crippen molar-refractivity contribution < 1.29 is 14.3 Å². The Morgan fingerprint density at radius 3 is 3.12 bits per heavy atom. The molecule has 0 saturated carbocycles. The molecule has 2 aliphatic rings. The lowest BCUT2D eigenvalue weighted by Gasteiger charge is -2.31. The number of carbonyl (C=O) groups excluding carboxylic acids is 1. The number of anilines is 1. The average Bonchev–Trinajstić information content (AvgIpc) is 3.29. The number of imidazole rings is 1. The van der Waals surface area contributed by atoms with Crippen molar-refractivity contribution in [1.29, 1.82) is 0 Å². The van der Waals surface area contributed by atoms with Crippen molar-refractivity contribution in [2.45, 2.75) is 12.0 Å². The van der Waals surface area contributed by atoms with E-state index in [-0.39, 0.29) is 5.91 Å². The van der Waals surface area contributed by atoms with Crippen molar-refractivity contribution in [3.63, 3.8) is 0 Å². The summed E-state index contributed by atoms with van der Waals surface area (Å²) in [6.45, 7) is 3.41. The first-order chi connectivity index (χ1) is 12.7. The highest BCUT2D eigenvalue weighted by Gasteiger charge is 2.44. The molecule has 26 heavy (non-hydrogen) atoms. The van der Waals surface area contributed by atoms with E-state index in [1.165, 1.54) is 6.33 Å². The summed E-state index contributed by atoms with van der Waals surface area (Å²) in [5, 5.41) is 3.24. The van der Waals surface area contributed by atoms with Crippen LogP contribution in [0.2, 0.25) is 0 Å². The van der Waals surface area contributed by atoms with E-state index in [0.29, 0.717) is 50.5 Å². The molecule has 4 heterocycles. The van der Waals surface area contributed by atoms with Gasteiger partial charge < -0.3 is 24.7 Å². The van der Waals surface area contributed by atoms with Crippen LogP contribution < -0.4 is 5.32 Å². The normalized spacial score (nSPS) is 26.0. The van der Waals surface area contributed by atoms with Gasteiger partial charge in [-0.05, 0) is 12.5 Å². The highest BCUT2D eigenvalue weighted by molar-refractivity contribution is 5.92. The highest BCUT2D eigenvalue weighted by atomic mass is 16.5. The van der Waals surface area contributed by atoms with Crippen molar-refractivity contribution in [2.24, 2.45) is 5.92 Å². The molecule has 9 nitrogen and oxygen atoms in total. The maximum absolute atomic E-state index is 12.7. The van der Waals surface area contributed by atoms with Crippen LogP contribution >= 0.6 is 0 Å². The largest absolute Gasteiger partial charge is 0.377 e. The zero-order valence-electron chi connectivity index (χ0n) is 14.4. The first-order valence-corrected chi connectivity index (χ1v) is 8.74. The Morgan fingerprint density at radius 1 is 1.42 bits per heavy atom. The van der Waals surface area contributed by atoms with E-state index < -0.39 is 5.60 Å². The molecule has 2 fully saturated rings. The number of aromatic nitrogens is 4. The van der Waals surface area contributed by atoms with E-state index in [0.717, 1.165) is 13.0 Å². The van der Waals surface area contributed by atoms with Crippen molar-refractivity contribution in [2.75, 3.05) is 44.8 Å². The van der Waals surface area contributed by atoms with E-state index in [2.05, 4.69) is 25.3 Å². The molecule has 0 aromatic carbocycles. The number of carbonyl (C=O) groups is 1. The summed E-state index contributed by atoms with van der Waals surface area (Å²) < 4.78 is 11.9. The Balaban J connectivity index is 1.38. The molecular weight excluding hydrogens is 336 g/mol. The molecule has 1 spiro atoms. The van der Waals surface area contributed by atoms with Gasteiger partial charge in [0.05, 0.1) is 38.9 Å². The number of hydrogen-bond donors (Lipinski definition) is 2. The summed E-state index contributed by atoms with van der Waals surface area (Å²) in [5.41, 5.74) is 0.0234. The van der Waals surface area contributed by atoms with Gasteiger partial charge in [0.15, 0.2) is 0 Å². The van der Waals surface area contributed by atoms with Crippen molar-refractivity contribution in [3.05, 3.63) is 36.7 Å². The predicted octanol–water partition coefficient (Wildman–Crippen LogP) is 0.559. The molecule has 2 aromatic heterocycles. The Bertz CT molecular complexity index is 725. The van der Waals surface area contributed by atoms with Crippen molar-refractivity contribution >= 4 is 11.9 Å². The van der Waals surface area contributed by atoms with E-state index in [4.69, 9.17) is 9.47 Å². The molecule has 138 valence electrons. The number of hydrogen-bond acceptors (Lipinski definition) is 7. The van der Waals surface area contributed by atoms with Gasteiger partial charge in [-0.15, -0.1) is 0 Å². The molecule has 2 aliphatic heterocycles. The van der Waals surface area contributed by atoms with E-state index in [1.54, 1.807) is 29.6 Å². The SMILES string of the molecule is O=C(c1cnc[nH]1)N1CCOCC2(CC(CNc3ncccn3)CO2)C1. The minimum atomic E-state index is -0.462. The minimum Gasteiger partial charge on any atom is -0.377 e. The fraction of sp³-hybridized carbons (Fsp3) is 0.529. The molecule has 2 saturated heterocycles. The van der Waals surface area contributed by atoms with Gasteiger partial charge in [0, 0.05) is 31.4 Å². The summed E-state index contributed by atoms with van der Waals surface area (Å²) >= 11 is 0. The van der Waals surface area contributed by atoms with Crippen LogP contribution in [-0.4, -0.2) is 75.8 Å². The number of nitrogens with zero attached hydrogens (tertiary/aromatic N) is 4. The topological polar surface area (TPSA) is 105 Å². The Morgan fingerprint density at radius 2 is 2.31 bits per heavy atom. The monoisotopic (exact) mass is 358 g/mol. The van der Waals surface area contributed by atoms with Crippen LogP contribution in [-0.2, 0) is 9.47 Å². The van der Waals surface area contributed by atoms with Crippen LogP contribution in [0.3, 0.4) is 0 Å². The van der Waals surface area contributed by atoms with Crippen molar-refractivity contribution in [3.8, 4) is 0 Å². The quantitative estimate of drug-likeness (QED) is 0.823. The summed E-state index contributed by atoms with van der Waals surface area (Å²) in [4.78, 5) is 29.6. The second-order valence-corrected chi connectivity index (χ2v) is 6.76. The molecule has 0 bridgehead atoms. The number of amides is 1. The first-order valence-electron chi connectivity index (χ1n) is 8.74. The second-order valence-electron chi connectivity index (χ2n) is 6.76. The van der Waals surface area contributed by atoms with Gasteiger partial charge >= 0.3 is 0 Å². The van der Waals surface area contributed by atoms with Gasteiger partial charge in [0.1, 0.15) is 11.3 Å². The third-order valence-electron chi connectivity index (χ3n) is 4.77. The Labute approximate surface area is 151 Å². The van der Waals surface area contributed by atoms with Crippen LogP contribution in [0.1, 0.15) is 16.9 Å². The number of aromatic amines is 1. The Hall–Kier alpha value is -2.52. The zero-order valence-corrected chi connectivity index (χ0v) is 14.4. The summed E-state index contributed by atoms with van der Waals surface area (Å²) in [7, 11) is 0. The molecule has 2 unspecified atom stereocenters. The standard InChI is InChI=1S/C17H22N6O3/c24-15(14-8-18-12-22-14)23-4-5-25-11-17(10-23)6-13(9-26-17)7-21-16-19-2-1-3-20-16/h1-3,8,12-13H,4-7,9-11H2,(H,18,22)(H,19,20,21). The predicted molar refractivity (Wildman–Crippen MR) is 92.6 cm³/mol. The molecule has 0 radical (unpaired) electrons. The van der Waals surface area contributed by atoms with Gasteiger partial charge in [-0.3, -0.25) is 4.79 Å². The average molecular weight is 358 g/mol. The summed E-state index contributed by atoms with van der Waals surface area (Å²) in [6, 6.07) is 1.78. The lowest BCUT2D eigenvalue weighted by Crippen LogP contribution is -2.46. The van der Waals surface area contributed by atoms with E-state index in [9.17, 15) is 4.79 Å². The first kappa shape index (κ1) is 16.9. The van der Waals surface area contributed by atoms with Crippen LogP contribution in [0, 0.1) is 5.92 Å². The van der Waals surface area contributed by atoms with Crippen LogP contribution in [0.5, 0.6) is 0 Å². The molecular formula is C17H22N6O3. The molecule has 2 aromatic rings. The Kier molecular flexibility index (Phi) is 4.81. The van der Waals surface area contributed by atoms with Gasteiger partial charge in [-0.2, -0.15) is 0 Å². The zero-order chi connectivity index (χ0) is 17.8. The number of nitrogens with one attached hydrogen (secondary N) is 2. The third-order valence-corrected chi connectivity index (χ3v) is 4.77. The molecule has 2 atom stereocenters. The smallest absolute Gasteiger partial charge is 0.272 e. The maximum atomic E-state index is 12.7. The molecule has 1 amide bonds. The van der Waals surface area contributed by atoms with Crippen LogP contribution in [0.15, 0.2) is 31.0 Å². The second kappa shape index (κ2) is 7.38. The maximum Gasteiger partial charge on any atom is 0.272 e. The molecule has 0 aliphatic carbocycles. The van der Waals surface area contributed by atoms with Gasteiger partial charge in [-0.25, -0.2) is 15.0 Å². The molecule has 2 N–H and O–H groups in total. The van der Waals surface area contributed by atoms with Crippen molar-refractivity contribution in [1.82, 2.24) is 24.8 Å². The van der Waals surface area contributed by atoms with E-state index >= 15 is 0 Å². The van der Waals surface area contributed by atoms with E-state index in [1.807, 2.05) is 0 Å².